The highest BCUT2D eigenvalue weighted by Crippen LogP contribution is 2.28. The molecule has 20 heavy (non-hydrogen) atoms. The summed E-state index contributed by atoms with van der Waals surface area (Å²) in [5, 5.41) is 16.7. The Bertz CT molecular complexity index is 664. The van der Waals surface area contributed by atoms with E-state index in [4.69, 9.17) is 5.73 Å². The number of hydrogen-bond donors (Lipinski definition) is 2. The third-order valence-corrected chi connectivity index (χ3v) is 3.27. The molecule has 0 spiro atoms. The van der Waals surface area contributed by atoms with E-state index in [0.29, 0.717) is 29.8 Å². The maximum Gasteiger partial charge on any atom is 0.168 e. The third-order valence-electron chi connectivity index (χ3n) is 3.27. The highest BCUT2D eigenvalue weighted by molar-refractivity contribution is 5.64. The average molecular weight is 271 g/mol. The van der Waals surface area contributed by atoms with Gasteiger partial charge in [0, 0.05) is 6.04 Å². The van der Waals surface area contributed by atoms with Gasteiger partial charge < -0.3 is 11.1 Å². The SMILES string of the molecule is N#Cc1c(NC2CC2)nn(Cc2ccc(F)cc2)c1N. The molecule has 0 aliphatic heterocycles. The fraction of sp³-hybridized carbons (Fsp3) is 0.286. The van der Waals surface area contributed by atoms with E-state index < -0.39 is 0 Å². The number of halogens is 1. The zero-order valence-corrected chi connectivity index (χ0v) is 10.8. The molecule has 0 radical (unpaired) electrons. The third kappa shape index (κ3) is 2.43. The number of nitrogens with two attached hydrogens (primary N) is 1. The van der Waals surface area contributed by atoms with Gasteiger partial charge in [-0.05, 0) is 30.5 Å². The van der Waals surface area contributed by atoms with Gasteiger partial charge in [-0.3, -0.25) is 0 Å². The van der Waals surface area contributed by atoms with Crippen LogP contribution in [-0.4, -0.2) is 15.8 Å². The minimum Gasteiger partial charge on any atom is -0.383 e. The molecule has 0 saturated heterocycles. The molecule has 102 valence electrons. The van der Waals surface area contributed by atoms with Gasteiger partial charge in [0.1, 0.15) is 23.3 Å². The van der Waals surface area contributed by atoms with Gasteiger partial charge in [-0.25, -0.2) is 9.07 Å². The summed E-state index contributed by atoms with van der Waals surface area (Å²) in [5.41, 5.74) is 7.20. The molecule has 3 N–H and O–H groups in total. The highest BCUT2D eigenvalue weighted by Gasteiger charge is 2.25. The maximum atomic E-state index is 12.9. The Morgan fingerprint density at radius 1 is 1.40 bits per heavy atom. The van der Waals surface area contributed by atoms with Crippen molar-refractivity contribution in [1.82, 2.24) is 9.78 Å². The molecule has 1 aliphatic rings. The van der Waals surface area contributed by atoms with Crippen molar-refractivity contribution in [2.75, 3.05) is 11.1 Å². The molecule has 1 aliphatic carbocycles. The lowest BCUT2D eigenvalue weighted by molar-refractivity contribution is 0.625. The summed E-state index contributed by atoms with van der Waals surface area (Å²) < 4.78 is 14.4. The minimum absolute atomic E-state index is 0.281. The molecule has 2 aromatic rings. The summed E-state index contributed by atoms with van der Waals surface area (Å²) in [7, 11) is 0. The summed E-state index contributed by atoms with van der Waals surface area (Å²) >= 11 is 0. The summed E-state index contributed by atoms with van der Waals surface area (Å²) in [5.74, 6) is 0.588. The van der Waals surface area contributed by atoms with E-state index in [-0.39, 0.29) is 5.82 Å². The first-order valence-electron chi connectivity index (χ1n) is 6.44. The second kappa shape index (κ2) is 4.85. The van der Waals surface area contributed by atoms with Crippen LogP contribution in [0.2, 0.25) is 0 Å². The van der Waals surface area contributed by atoms with Crippen LogP contribution in [0.5, 0.6) is 0 Å². The second-order valence-corrected chi connectivity index (χ2v) is 4.92. The Balaban J connectivity index is 1.87. The van der Waals surface area contributed by atoms with Crippen molar-refractivity contribution in [2.24, 2.45) is 0 Å². The number of rotatable bonds is 4. The Morgan fingerprint density at radius 2 is 2.10 bits per heavy atom. The van der Waals surface area contributed by atoms with Gasteiger partial charge >= 0.3 is 0 Å². The summed E-state index contributed by atoms with van der Waals surface area (Å²) in [4.78, 5) is 0. The summed E-state index contributed by atoms with van der Waals surface area (Å²) in [6, 6.07) is 8.62. The van der Waals surface area contributed by atoms with Crippen molar-refractivity contribution >= 4 is 11.6 Å². The molecule has 6 heteroatoms. The van der Waals surface area contributed by atoms with Gasteiger partial charge in [0.2, 0.25) is 0 Å². The molecule has 5 nitrogen and oxygen atoms in total. The molecule has 1 saturated carbocycles. The fourth-order valence-electron chi connectivity index (χ4n) is 1.99. The standard InChI is InChI=1S/C14H14FN5/c15-10-3-1-9(2-4-10)8-20-13(17)12(7-16)14(19-20)18-11-5-6-11/h1-4,11H,5-6,8,17H2,(H,18,19). The lowest BCUT2D eigenvalue weighted by Gasteiger charge is -2.04. The van der Waals surface area contributed by atoms with Crippen molar-refractivity contribution in [2.45, 2.75) is 25.4 Å². The summed E-state index contributed by atoms with van der Waals surface area (Å²) in [6.45, 7) is 0.410. The number of benzene rings is 1. The number of nitrogens with one attached hydrogen (secondary N) is 1. The Labute approximate surface area is 115 Å². The number of nitrogens with zero attached hydrogens (tertiary/aromatic N) is 3. The normalized spacial score (nSPS) is 14.0. The smallest absolute Gasteiger partial charge is 0.168 e. The van der Waals surface area contributed by atoms with Crippen LogP contribution in [0.1, 0.15) is 24.0 Å². The van der Waals surface area contributed by atoms with Gasteiger partial charge in [0.05, 0.1) is 6.54 Å². The van der Waals surface area contributed by atoms with E-state index in [1.165, 1.54) is 12.1 Å². The van der Waals surface area contributed by atoms with Crippen LogP contribution in [0.4, 0.5) is 16.0 Å². The van der Waals surface area contributed by atoms with Gasteiger partial charge in [-0.1, -0.05) is 12.1 Å². The van der Waals surface area contributed by atoms with Gasteiger partial charge in [0.15, 0.2) is 5.82 Å². The molecule has 0 bridgehead atoms. The van der Waals surface area contributed by atoms with E-state index >= 15 is 0 Å². The first-order valence-corrected chi connectivity index (χ1v) is 6.44. The number of aromatic nitrogens is 2. The minimum atomic E-state index is -0.281. The maximum absolute atomic E-state index is 12.9. The molecule has 1 aromatic carbocycles. The monoisotopic (exact) mass is 271 g/mol. The Hall–Kier alpha value is -2.55. The van der Waals surface area contributed by atoms with Crippen molar-refractivity contribution in [3.05, 3.63) is 41.2 Å². The topological polar surface area (TPSA) is 79.7 Å². The molecule has 1 heterocycles. The molecule has 1 fully saturated rings. The van der Waals surface area contributed by atoms with Crippen LogP contribution in [0.25, 0.3) is 0 Å². The van der Waals surface area contributed by atoms with E-state index in [2.05, 4.69) is 16.5 Å². The highest BCUT2D eigenvalue weighted by atomic mass is 19.1. The van der Waals surface area contributed by atoms with Crippen molar-refractivity contribution in [1.29, 1.82) is 5.26 Å². The quantitative estimate of drug-likeness (QED) is 0.892. The Morgan fingerprint density at radius 3 is 2.70 bits per heavy atom. The van der Waals surface area contributed by atoms with E-state index in [9.17, 15) is 9.65 Å². The lowest BCUT2D eigenvalue weighted by atomic mass is 10.2. The van der Waals surface area contributed by atoms with Gasteiger partial charge in [-0.2, -0.15) is 10.4 Å². The predicted octanol–water partition coefficient (Wildman–Crippen LogP) is 2.10. The number of nitriles is 1. The van der Waals surface area contributed by atoms with Crippen LogP contribution in [0.15, 0.2) is 24.3 Å². The molecule has 0 amide bonds. The van der Waals surface area contributed by atoms with Gasteiger partial charge in [0.25, 0.3) is 0 Å². The molecular formula is C14H14FN5. The van der Waals surface area contributed by atoms with Crippen LogP contribution in [0, 0.1) is 17.1 Å². The van der Waals surface area contributed by atoms with Crippen LogP contribution in [0.3, 0.4) is 0 Å². The predicted molar refractivity (Wildman–Crippen MR) is 73.5 cm³/mol. The number of anilines is 2. The average Bonchev–Trinajstić information content (AvgIpc) is 3.19. The Kier molecular flexibility index (Phi) is 3.03. The number of hydrogen-bond acceptors (Lipinski definition) is 4. The first kappa shape index (κ1) is 12.5. The van der Waals surface area contributed by atoms with E-state index in [0.717, 1.165) is 18.4 Å². The molecule has 1 aromatic heterocycles. The largest absolute Gasteiger partial charge is 0.383 e. The number of nitrogen functional groups attached to an aromatic ring is 1. The zero-order chi connectivity index (χ0) is 14.1. The molecule has 0 atom stereocenters. The van der Waals surface area contributed by atoms with Crippen molar-refractivity contribution in [3.8, 4) is 6.07 Å². The molecular weight excluding hydrogens is 257 g/mol. The molecule has 0 unspecified atom stereocenters. The second-order valence-electron chi connectivity index (χ2n) is 4.92. The fourth-order valence-corrected chi connectivity index (χ4v) is 1.99. The van der Waals surface area contributed by atoms with Crippen molar-refractivity contribution < 1.29 is 4.39 Å². The molecule has 3 rings (SSSR count). The first-order chi connectivity index (χ1) is 9.67. The van der Waals surface area contributed by atoms with Crippen LogP contribution < -0.4 is 11.1 Å². The van der Waals surface area contributed by atoms with E-state index in [1.807, 2.05) is 0 Å². The van der Waals surface area contributed by atoms with Gasteiger partial charge in [-0.15, -0.1) is 0 Å². The lowest BCUT2D eigenvalue weighted by Crippen LogP contribution is -2.07. The zero-order valence-electron chi connectivity index (χ0n) is 10.8. The van der Waals surface area contributed by atoms with Crippen molar-refractivity contribution in [3.63, 3.8) is 0 Å². The summed E-state index contributed by atoms with van der Waals surface area (Å²) in [6.07, 6.45) is 2.19. The van der Waals surface area contributed by atoms with Crippen LogP contribution in [-0.2, 0) is 6.54 Å². The van der Waals surface area contributed by atoms with Crippen LogP contribution >= 0.6 is 0 Å². The van der Waals surface area contributed by atoms with E-state index in [1.54, 1.807) is 16.8 Å².